The summed E-state index contributed by atoms with van der Waals surface area (Å²) in [6.07, 6.45) is 4.29. The molecule has 1 heterocycles. The molecule has 138 valence electrons. The van der Waals surface area contributed by atoms with E-state index in [1.54, 1.807) is 6.08 Å². The Morgan fingerprint density at radius 2 is 1.89 bits per heavy atom. The largest absolute Gasteiger partial charge is 0.494 e. The summed E-state index contributed by atoms with van der Waals surface area (Å²) in [7, 11) is 0. The lowest BCUT2D eigenvalue weighted by molar-refractivity contribution is -0.111. The summed E-state index contributed by atoms with van der Waals surface area (Å²) in [5.74, 6) is 0.658. The van der Waals surface area contributed by atoms with Crippen molar-refractivity contribution in [2.75, 3.05) is 11.9 Å². The first kappa shape index (κ1) is 18.9. The monoisotopic (exact) mass is 378 g/mol. The highest BCUT2D eigenvalue weighted by Gasteiger charge is 2.07. The fraction of sp³-hybridized carbons (Fsp3) is 0.182. The average Bonchev–Trinajstić information content (AvgIpc) is 3.14. The Hall–Kier alpha value is -2.92. The van der Waals surface area contributed by atoms with Crippen molar-refractivity contribution in [3.8, 4) is 17.0 Å². The van der Waals surface area contributed by atoms with Gasteiger partial charge < -0.3 is 4.74 Å². The Morgan fingerprint density at radius 3 is 2.59 bits per heavy atom. The minimum absolute atomic E-state index is 0.195. The van der Waals surface area contributed by atoms with Crippen LogP contribution in [0.1, 0.15) is 24.5 Å². The molecule has 0 unspecified atom stereocenters. The van der Waals surface area contributed by atoms with Gasteiger partial charge in [0.1, 0.15) is 5.75 Å². The summed E-state index contributed by atoms with van der Waals surface area (Å²) >= 11 is 1.41. The van der Waals surface area contributed by atoms with E-state index in [4.69, 9.17) is 4.74 Å². The molecule has 3 aromatic rings. The second-order valence-electron chi connectivity index (χ2n) is 6.14. The van der Waals surface area contributed by atoms with Gasteiger partial charge in [0.15, 0.2) is 5.13 Å². The summed E-state index contributed by atoms with van der Waals surface area (Å²) in [4.78, 5) is 16.6. The van der Waals surface area contributed by atoms with Crippen LogP contribution in [0.25, 0.3) is 17.3 Å². The van der Waals surface area contributed by atoms with Crippen molar-refractivity contribution in [1.82, 2.24) is 4.98 Å². The molecule has 0 saturated carbocycles. The van der Waals surface area contributed by atoms with Gasteiger partial charge in [0, 0.05) is 17.0 Å². The van der Waals surface area contributed by atoms with Crippen LogP contribution < -0.4 is 10.1 Å². The van der Waals surface area contributed by atoms with Crippen molar-refractivity contribution in [3.05, 3.63) is 71.1 Å². The van der Waals surface area contributed by atoms with Crippen LogP contribution in [0.2, 0.25) is 0 Å². The number of hydrogen-bond donors (Lipinski definition) is 1. The molecule has 27 heavy (non-hydrogen) atoms. The first-order valence-corrected chi connectivity index (χ1v) is 9.76. The van der Waals surface area contributed by atoms with E-state index in [0.29, 0.717) is 11.7 Å². The quantitative estimate of drug-likeness (QED) is 0.548. The lowest BCUT2D eigenvalue weighted by Crippen LogP contribution is -2.07. The average molecular weight is 378 g/mol. The van der Waals surface area contributed by atoms with Crippen molar-refractivity contribution < 1.29 is 9.53 Å². The summed E-state index contributed by atoms with van der Waals surface area (Å²) in [5, 5.41) is 5.32. The molecule has 1 amide bonds. The van der Waals surface area contributed by atoms with Gasteiger partial charge in [0.05, 0.1) is 12.3 Å². The summed E-state index contributed by atoms with van der Waals surface area (Å²) in [6.45, 7) is 4.82. The SMILES string of the molecule is CCCOc1ccc(-c2csc(NC(=O)C=Cc3ccc(C)cc3)n2)cc1. The molecule has 0 aliphatic carbocycles. The molecule has 3 rings (SSSR count). The minimum atomic E-state index is -0.195. The molecule has 0 spiro atoms. The normalized spacial score (nSPS) is 10.9. The number of nitrogens with one attached hydrogen (secondary N) is 1. The molecule has 5 heteroatoms. The Morgan fingerprint density at radius 1 is 1.15 bits per heavy atom. The maximum atomic E-state index is 12.1. The topological polar surface area (TPSA) is 51.2 Å². The Balaban J connectivity index is 1.60. The Bertz CT molecular complexity index is 912. The number of carbonyl (C=O) groups is 1. The summed E-state index contributed by atoms with van der Waals surface area (Å²) in [6, 6.07) is 15.8. The van der Waals surface area contributed by atoms with Crippen LogP contribution in [-0.2, 0) is 4.79 Å². The van der Waals surface area contributed by atoms with E-state index < -0.39 is 0 Å². The maximum Gasteiger partial charge on any atom is 0.250 e. The fourth-order valence-electron chi connectivity index (χ4n) is 2.40. The molecule has 0 radical (unpaired) electrons. The fourth-order valence-corrected chi connectivity index (χ4v) is 3.12. The van der Waals surface area contributed by atoms with E-state index in [1.807, 2.05) is 60.8 Å². The molecular formula is C22H22N2O2S. The van der Waals surface area contributed by atoms with Crippen molar-refractivity contribution in [2.45, 2.75) is 20.3 Å². The van der Waals surface area contributed by atoms with Crippen LogP contribution in [0, 0.1) is 6.92 Å². The van der Waals surface area contributed by atoms with Crippen molar-refractivity contribution in [3.63, 3.8) is 0 Å². The third-order valence-electron chi connectivity index (χ3n) is 3.86. The predicted molar refractivity (Wildman–Crippen MR) is 112 cm³/mol. The number of rotatable bonds is 7. The van der Waals surface area contributed by atoms with Crippen LogP contribution in [0.15, 0.2) is 60.0 Å². The van der Waals surface area contributed by atoms with Gasteiger partial charge in [-0.3, -0.25) is 10.1 Å². The van der Waals surface area contributed by atoms with Crippen LogP contribution in [0.5, 0.6) is 5.75 Å². The highest BCUT2D eigenvalue weighted by Crippen LogP contribution is 2.26. The zero-order valence-electron chi connectivity index (χ0n) is 15.4. The number of hydrogen-bond acceptors (Lipinski definition) is 4. The second kappa shape index (κ2) is 9.14. The molecule has 0 fully saturated rings. The number of aryl methyl sites for hydroxylation is 1. The van der Waals surface area contributed by atoms with E-state index in [0.717, 1.165) is 29.0 Å². The van der Waals surface area contributed by atoms with E-state index in [2.05, 4.69) is 17.2 Å². The Kier molecular flexibility index (Phi) is 6.39. The number of benzene rings is 2. The van der Waals surface area contributed by atoms with E-state index in [9.17, 15) is 4.79 Å². The summed E-state index contributed by atoms with van der Waals surface area (Å²) < 4.78 is 5.59. The van der Waals surface area contributed by atoms with E-state index >= 15 is 0 Å². The zero-order valence-corrected chi connectivity index (χ0v) is 16.3. The number of ether oxygens (including phenoxy) is 1. The molecule has 4 nitrogen and oxygen atoms in total. The van der Waals surface area contributed by atoms with Gasteiger partial charge in [-0.2, -0.15) is 0 Å². The van der Waals surface area contributed by atoms with Crippen LogP contribution in [0.4, 0.5) is 5.13 Å². The Labute approximate surface area is 163 Å². The van der Waals surface area contributed by atoms with Crippen molar-refractivity contribution >= 4 is 28.5 Å². The minimum Gasteiger partial charge on any atom is -0.494 e. The molecule has 1 N–H and O–H groups in total. The lowest BCUT2D eigenvalue weighted by atomic mass is 10.1. The van der Waals surface area contributed by atoms with Gasteiger partial charge in [-0.15, -0.1) is 11.3 Å². The molecular weight excluding hydrogens is 356 g/mol. The lowest BCUT2D eigenvalue weighted by Gasteiger charge is -2.04. The number of thiazole rings is 1. The van der Waals surface area contributed by atoms with Gasteiger partial charge in [0.25, 0.3) is 0 Å². The second-order valence-corrected chi connectivity index (χ2v) is 7.00. The van der Waals surface area contributed by atoms with Crippen molar-refractivity contribution in [2.24, 2.45) is 0 Å². The first-order valence-electron chi connectivity index (χ1n) is 8.88. The molecule has 0 bridgehead atoms. The van der Waals surface area contributed by atoms with Gasteiger partial charge in [0.2, 0.25) is 5.91 Å². The zero-order chi connectivity index (χ0) is 19.1. The van der Waals surface area contributed by atoms with Crippen LogP contribution >= 0.6 is 11.3 Å². The van der Waals surface area contributed by atoms with Gasteiger partial charge in [-0.05, 0) is 49.2 Å². The third kappa shape index (κ3) is 5.53. The van der Waals surface area contributed by atoms with Gasteiger partial charge >= 0.3 is 0 Å². The number of aromatic nitrogens is 1. The number of carbonyl (C=O) groups excluding carboxylic acids is 1. The molecule has 0 aliphatic heterocycles. The number of nitrogens with zero attached hydrogens (tertiary/aromatic N) is 1. The van der Waals surface area contributed by atoms with Crippen molar-refractivity contribution in [1.29, 1.82) is 0 Å². The molecule has 0 saturated heterocycles. The van der Waals surface area contributed by atoms with E-state index in [1.165, 1.54) is 23.0 Å². The highest BCUT2D eigenvalue weighted by molar-refractivity contribution is 7.14. The third-order valence-corrected chi connectivity index (χ3v) is 4.62. The summed E-state index contributed by atoms with van der Waals surface area (Å²) in [5.41, 5.74) is 4.00. The predicted octanol–water partition coefficient (Wildman–Crippen LogP) is 5.56. The standard InChI is InChI=1S/C22H22N2O2S/c1-3-14-26-19-11-9-18(10-12-19)20-15-27-22(23-20)24-21(25)13-8-17-6-4-16(2)5-7-17/h4-13,15H,3,14H2,1-2H3,(H,23,24,25). The number of amides is 1. The molecule has 2 aromatic carbocycles. The van der Waals surface area contributed by atoms with E-state index in [-0.39, 0.29) is 5.91 Å². The van der Waals surface area contributed by atoms with Crippen LogP contribution in [0.3, 0.4) is 0 Å². The van der Waals surface area contributed by atoms with Gasteiger partial charge in [-0.25, -0.2) is 4.98 Å². The highest BCUT2D eigenvalue weighted by atomic mass is 32.1. The van der Waals surface area contributed by atoms with Crippen LogP contribution in [-0.4, -0.2) is 17.5 Å². The molecule has 1 aromatic heterocycles. The number of anilines is 1. The first-order chi connectivity index (χ1) is 13.1. The molecule has 0 aliphatic rings. The maximum absolute atomic E-state index is 12.1. The smallest absolute Gasteiger partial charge is 0.250 e. The van der Waals surface area contributed by atoms with Gasteiger partial charge in [-0.1, -0.05) is 36.8 Å². The molecule has 0 atom stereocenters.